The molecule has 0 aromatic rings. The Kier molecular flexibility index (Phi) is 14.0. The topological polar surface area (TPSA) is 235 Å². The predicted molar refractivity (Wildman–Crippen MR) is 122 cm³/mol. The number of aliphatic imine (C=N–C) groups is 1. The molecule has 0 aromatic carbocycles. The van der Waals surface area contributed by atoms with E-state index in [1.54, 1.807) is 0 Å². The number of aliphatic hydroxyl groups excluding tert-OH is 1. The van der Waals surface area contributed by atoms with Gasteiger partial charge in [-0.25, -0.2) is 4.79 Å². The van der Waals surface area contributed by atoms with Gasteiger partial charge < -0.3 is 43.4 Å². The van der Waals surface area contributed by atoms with Crippen molar-refractivity contribution in [2.24, 2.45) is 22.2 Å². The smallest absolute Gasteiger partial charge is 0.326 e. The third-order valence-corrected chi connectivity index (χ3v) is 4.99. The van der Waals surface area contributed by atoms with E-state index >= 15 is 0 Å². The summed E-state index contributed by atoms with van der Waals surface area (Å²) in [5.41, 5.74) is 16.2. The standard InChI is InChI=1S/C18H35N7O6S/c1-9(14(27)24-12(17(30)31)6-8-32-3)23-16(29)13(10(2)26)25-15(28)11(19)5-4-7-22-18(20)21/h9-13,26H,4-8,19H2,1-3H3,(H,23,29)(H,24,27)(H,25,28)(H,30,31)(H4,20,21,22). The number of aliphatic hydroxyl groups is 1. The maximum absolute atomic E-state index is 12.5. The number of rotatable bonds is 15. The zero-order valence-corrected chi connectivity index (χ0v) is 19.4. The zero-order valence-electron chi connectivity index (χ0n) is 18.5. The lowest BCUT2D eigenvalue weighted by Gasteiger charge is -2.25. The molecule has 0 saturated carbocycles. The van der Waals surface area contributed by atoms with Crippen molar-refractivity contribution in [3.8, 4) is 0 Å². The molecule has 0 fully saturated rings. The van der Waals surface area contributed by atoms with E-state index in [-0.39, 0.29) is 25.3 Å². The first kappa shape index (κ1) is 29.4. The molecule has 32 heavy (non-hydrogen) atoms. The fourth-order valence-electron chi connectivity index (χ4n) is 2.47. The van der Waals surface area contributed by atoms with Crippen LogP contribution in [0.5, 0.6) is 0 Å². The van der Waals surface area contributed by atoms with Crippen LogP contribution in [0.15, 0.2) is 4.99 Å². The van der Waals surface area contributed by atoms with Crippen LogP contribution in [-0.2, 0) is 19.2 Å². The molecule has 3 amide bonds. The first-order chi connectivity index (χ1) is 14.9. The number of carboxylic acids is 1. The van der Waals surface area contributed by atoms with E-state index in [9.17, 15) is 29.4 Å². The quantitative estimate of drug-likeness (QED) is 0.0678. The number of hydrogen-bond acceptors (Lipinski definition) is 8. The minimum atomic E-state index is -1.37. The van der Waals surface area contributed by atoms with Gasteiger partial charge in [0, 0.05) is 6.54 Å². The lowest BCUT2D eigenvalue weighted by molar-refractivity contribution is -0.142. The summed E-state index contributed by atoms with van der Waals surface area (Å²) in [6.45, 7) is 2.93. The Bertz CT molecular complexity index is 672. The first-order valence-electron chi connectivity index (χ1n) is 10.0. The van der Waals surface area contributed by atoms with Crippen molar-refractivity contribution in [3.05, 3.63) is 0 Å². The fraction of sp³-hybridized carbons (Fsp3) is 0.722. The maximum Gasteiger partial charge on any atom is 0.326 e. The third-order valence-electron chi connectivity index (χ3n) is 4.34. The average Bonchev–Trinajstić information content (AvgIpc) is 2.70. The van der Waals surface area contributed by atoms with Crippen LogP contribution in [0.3, 0.4) is 0 Å². The van der Waals surface area contributed by atoms with Crippen LogP contribution in [0.2, 0.25) is 0 Å². The van der Waals surface area contributed by atoms with E-state index in [1.807, 2.05) is 6.26 Å². The van der Waals surface area contributed by atoms with Gasteiger partial charge in [0.25, 0.3) is 0 Å². The summed E-state index contributed by atoms with van der Waals surface area (Å²) in [5.74, 6) is -2.94. The molecule has 0 spiro atoms. The van der Waals surface area contributed by atoms with E-state index < -0.39 is 54.0 Å². The molecule has 11 N–H and O–H groups in total. The number of nitrogens with one attached hydrogen (secondary N) is 3. The first-order valence-corrected chi connectivity index (χ1v) is 11.4. The highest BCUT2D eigenvalue weighted by molar-refractivity contribution is 7.98. The molecule has 0 heterocycles. The second-order valence-electron chi connectivity index (χ2n) is 7.19. The number of carbonyl (C=O) groups excluding carboxylic acids is 3. The van der Waals surface area contributed by atoms with Gasteiger partial charge in [0.2, 0.25) is 17.7 Å². The molecule has 0 aliphatic carbocycles. The molecule has 0 radical (unpaired) electrons. The van der Waals surface area contributed by atoms with Crippen LogP contribution >= 0.6 is 11.8 Å². The normalized spacial score (nSPS) is 15.4. The molecule has 0 rings (SSSR count). The van der Waals surface area contributed by atoms with Crippen molar-refractivity contribution in [1.29, 1.82) is 0 Å². The molecular weight excluding hydrogens is 442 g/mol. The maximum atomic E-state index is 12.5. The molecule has 0 saturated heterocycles. The van der Waals surface area contributed by atoms with Gasteiger partial charge in [-0.1, -0.05) is 0 Å². The van der Waals surface area contributed by atoms with Gasteiger partial charge in [0.15, 0.2) is 5.96 Å². The third kappa shape index (κ3) is 11.7. The average molecular weight is 478 g/mol. The number of carboxylic acid groups (broad SMARTS) is 1. The van der Waals surface area contributed by atoms with Gasteiger partial charge >= 0.3 is 5.97 Å². The lowest BCUT2D eigenvalue weighted by Crippen LogP contribution is -2.59. The van der Waals surface area contributed by atoms with Crippen molar-refractivity contribution >= 4 is 41.4 Å². The molecule has 14 heteroatoms. The van der Waals surface area contributed by atoms with E-state index in [0.717, 1.165) is 0 Å². The summed E-state index contributed by atoms with van der Waals surface area (Å²) in [4.78, 5) is 52.1. The van der Waals surface area contributed by atoms with Crippen LogP contribution in [0.25, 0.3) is 0 Å². The minimum Gasteiger partial charge on any atom is -0.480 e. The molecule has 5 unspecified atom stereocenters. The number of hydrogen-bond donors (Lipinski definition) is 8. The van der Waals surface area contributed by atoms with Crippen LogP contribution in [-0.4, -0.2) is 88.7 Å². The van der Waals surface area contributed by atoms with E-state index in [1.165, 1.54) is 25.6 Å². The molecule has 184 valence electrons. The monoisotopic (exact) mass is 477 g/mol. The van der Waals surface area contributed by atoms with Crippen molar-refractivity contribution in [2.45, 2.75) is 63.4 Å². The van der Waals surface area contributed by atoms with Gasteiger partial charge in [0.05, 0.1) is 12.1 Å². The Balaban J connectivity index is 4.86. The van der Waals surface area contributed by atoms with Crippen molar-refractivity contribution in [1.82, 2.24) is 16.0 Å². The second-order valence-corrected chi connectivity index (χ2v) is 8.18. The molecule has 0 aliphatic heterocycles. The summed E-state index contributed by atoms with van der Waals surface area (Å²) >= 11 is 1.44. The summed E-state index contributed by atoms with van der Waals surface area (Å²) < 4.78 is 0. The fourth-order valence-corrected chi connectivity index (χ4v) is 2.95. The van der Waals surface area contributed by atoms with Crippen molar-refractivity contribution < 1.29 is 29.4 Å². The van der Waals surface area contributed by atoms with E-state index in [4.69, 9.17) is 17.2 Å². The highest BCUT2D eigenvalue weighted by atomic mass is 32.2. The molecule has 0 aromatic heterocycles. The van der Waals surface area contributed by atoms with Crippen molar-refractivity contribution in [2.75, 3.05) is 18.6 Å². The summed E-state index contributed by atoms with van der Waals surface area (Å²) in [5, 5.41) is 26.2. The number of amides is 3. The zero-order chi connectivity index (χ0) is 24.8. The van der Waals surface area contributed by atoms with E-state index in [2.05, 4.69) is 20.9 Å². The van der Waals surface area contributed by atoms with Gasteiger partial charge in [-0.15, -0.1) is 0 Å². The van der Waals surface area contributed by atoms with Crippen molar-refractivity contribution in [3.63, 3.8) is 0 Å². The SMILES string of the molecule is CSCCC(NC(=O)C(C)NC(=O)C(NC(=O)C(N)CCCN=C(N)N)C(C)O)C(=O)O. The van der Waals surface area contributed by atoms with Crippen LogP contribution in [0.4, 0.5) is 0 Å². The number of guanidine groups is 1. The Morgan fingerprint density at radius 2 is 1.62 bits per heavy atom. The van der Waals surface area contributed by atoms with Gasteiger partial charge in [-0.05, 0) is 45.1 Å². The molecule has 13 nitrogen and oxygen atoms in total. The number of thioether (sulfide) groups is 1. The number of nitrogens with two attached hydrogens (primary N) is 3. The molecule has 5 atom stereocenters. The van der Waals surface area contributed by atoms with Gasteiger partial charge in [-0.3, -0.25) is 19.4 Å². The Labute approximate surface area is 191 Å². The molecular formula is C18H35N7O6S. The Hall–Kier alpha value is -2.58. The number of nitrogens with zero attached hydrogens (tertiary/aromatic N) is 1. The summed E-state index contributed by atoms with van der Waals surface area (Å²) in [7, 11) is 0. The van der Waals surface area contributed by atoms with Crippen LogP contribution < -0.4 is 33.2 Å². The molecule has 0 aliphatic rings. The number of carbonyl (C=O) groups is 4. The number of aliphatic carboxylic acids is 1. The van der Waals surface area contributed by atoms with Crippen LogP contribution in [0, 0.1) is 0 Å². The predicted octanol–water partition coefficient (Wildman–Crippen LogP) is -2.94. The van der Waals surface area contributed by atoms with Crippen LogP contribution in [0.1, 0.15) is 33.1 Å². The van der Waals surface area contributed by atoms with Gasteiger partial charge in [0.1, 0.15) is 18.1 Å². The summed E-state index contributed by atoms with van der Waals surface area (Å²) in [6.07, 6.45) is 1.41. The highest BCUT2D eigenvalue weighted by Gasteiger charge is 2.30. The second kappa shape index (κ2) is 15.3. The minimum absolute atomic E-state index is 0.0778. The van der Waals surface area contributed by atoms with E-state index in [0.29, 0.717) is 12.2 Å². The highest BCUT2D eigenvalue weighted by Crippen LogP contribution is 2.03. The van der Waals surface area contributed by atoms with Gasteiger partial charge in [-0.2, -0.15) is 11.8 Å². The molecule has 0 bridgehead atoms. The largest absolute Gasteiger partial charge is 0.480 e. The Morgan fingerprint density at radius 1 is 1.00 bits per heavy atom. The summed E-state index contributed by atoms with van der Waals surface area (Å²) in [6, 6.07) is -4.54. The Morgan fingerprint density at radius 3 is 2.12 bits per heavy atom. The lowest BCUT2D eigenvalue weighted by atomic mass is 10.1.